The topological polar surface area (TPSA) is 20.2 Å². The fraction of sp³-hybridized carbons (Fsp3) is 0.500. The monoisotopic (exact) mass is 252 g/mol. The molecule has 2 heteroatoms. The SMILES string of the molecule is C=CC/C(=C\I)CCCO. The van der Waals surface area contributed by atoms with Gasteiger partial charge in [0.05, 0.1) is 0 Å². The molecule has 58 valence electrons. The molecule has 0 fully saturated rings. The summed E-state index contributed by atoms with van der Waals surface area (Å²) >= 11 is 2.22. The molecule has 0 unspecified atom stereocenters. The van der Waals surface area contributed by atoms with Gasteiger partial charge >= 0.3 is 0 Å². The van der Waals surface area contributed by atoms with Crippen molar-refractivity contribution in [2.75, 3.05) is 6.61 Å². The maximum absolute atomic E-state index is 8.52. The van der Waals surface area contributed by atoms with Crippen molar-refractivity contribution in [3.05, 3.63) is 22.3 Å². The highest BCUT2D eigenvalue weighted by Crippen LogP contribution is 2.11. The highest BCUT2D eigenvalue weighted by Gasteiger charge is 1.92. The molecule has 0 aromatic carbocycles. The Labute approximate surface area is 76.0 Å². The third-order valence-corrected chi connectivity index (χ3v) is 2.10. The van der Waals surface area contributed by atoms with Gasteiger partial charge in [0, 0.05) is 6.61 Å². The number of hydrogen-bond acceptors (Lipinski definition) is 1. The predicted molar refractivity (Wildman–Crippen MR) is 53.2 cm³/mol. The van der Waals surface area contributed by atoms with Crippen LogP contribution in [0.3, 0.4) is 0 Å². The molecule has 1 N–H and O–H groups in total. The Morgan fingerprint density at radius 2 is 2.30 bits per heavy atom. The molecule has 0 aromatic heterocycles. The van der Waals surface area contributed by atoms with E-state index in [1.807, 2.05) is 6.08 Å². The van der Waals surface area contributed by atoms with Crippen molar-refractivity contribution in [3.63, 3.8) is 0 Å². The molecule has 0 spiro atoms. The Bertz CT molecular complexity index is 118. The van der Waals surface area contributed by atoms with Gasteiger partial charge in [0.1, 0.15) is 0 Å². The lowest BCUT2D eigenvalue weighted by molar-refractivity contribution is 0.288. The largest absolute Gasteiger partial charge is 0.396 e. The first kappa shape index (κ1) is 10.2. The van der Waals surface area contributed by atoms with Crippen molar-refractivity contribution >= 4 is 22.6 Å². The van der Waals surface area contributed by atoms with E-state index in [1.54, 1.807) is 0 Å². The van der Waals surface area contributed by atoms with Crippen LogP contribution in [0.2, 0.25) is 0 Å². The van der Waals surface area contributed by atoms with Gasteiger partial charge in [0.15, 0.2) is 0 Å². The molecule has 0 atom stereocenters. The first-order valence-electron chi connectivity index (χ1n) is 3.35. The normalized spacial score (nSPS) is 11.6. The van der Waals surface area contributed by atoms with Gasteiger partial charge in [0.2, 0.25) is 0 Å². The molecule has 0 radical (unpaired) electrons. The minimum atomic E-state index is 0.283. The third-order valence-electron chi connectivity index (χ3n) is 1.22. The lowest BCUT2D eigenvalue weighted by Crippen LogP contribution is -1.85. The van der Waals surface area contributed by atoms with E-state index in [4.69, 9.17) is 5.11 Å². The van der Waals surface area contributed by atoms with Gasteiger partial charge < -0.3 is 5.11 Å². The number of hydrogen-bond donors (Lipinski definition) is 1. The van der Waals surface area contributed by atoms with Gasteiger partial charge in [-0.15, -0.1) is 6.58 Å². The molecule has 0 amide bonds. The zero-order chi connectivity index (χ0) is 7.82. The molecule has 0 aromatic rings. The van der Waals surface area contributed by atoms with Crippen LogP contribution in [0.25, 0.3) is 0 Å². The van der Waals surface area contributed by atoms with Crippen molar-refractivity contribution < 1.29 is 5.11 Å². The van der Waals surface area contributed by atoms with Gasteiger partial charge in [-0.2, -0.15) is 0 Å². The Morgan fingerprint density at radius 1 is 1.60 bits per heavy atom. The number of aliphatic hydroxyl groups is 1. The number of allylic oxidation sites excluding steroid dienone is 2. The average molecular weight is 252 g/mol. The molecule has 0 heterocycles. The fourth-order valence-electron chi connectivity index (χ4n) is 0.693. The van der Waals surface area contributed by atoms with Crippen LogP contribution >= 0.6 is 22.6 Å². The summed E-state index contributed by atoms with van der Waals surface area (Å²) in [6.45, 7) is 3.93. The van der Waals surface area contributed by atoms with Crippen LogP contribution in [0, 0.1) is 0 Å². The minimum absolute atomic E-state index is 0.283. The van der Waals surface area contributed by atoms with Crippen molar-refractivity contribution in [1.29, 1.82) is 0 Å². The van der Waals surface area contributed by atoms with Crippen molar-refractivity contribution in [1.82, 2.24) is 0 Å². The number of rotatable bonds is 5. The summed E-state index contributed by atoms with van der Waals surface area (Å²) in [5.41, 5.74) is 1.35. The highest BCUT2D eigenvalue weighted by molar-refractivity contribution is 14.1. The zero-order valence-corrected chi connectivity index (χ0v) is 8.17. The van der Waals surface area contributed by atoms with E-state index < -0.39 is 0 Å². The van der Waals surface area contributed by atoms with Crippen molar-refractivity contribution in [2.24, 2.45) is 0 Å². The summed E-state index contributed by atoms with van der Waals surface area (Å²) in [6.07, 6.45) is 4.69. The predicted octanol–water partition coefficient (Wildman–Crippen LogP) is 2.65. The van der Waals surface area contributed by atoms with Crippen LogP contribution < -0.4 is 0 Å². The van der Waals surface area contributed by atoms with E-state index in [1.165, 1.54) is 5.57 Å². The Hall–Kier alpha value is 0.170. The summed E-state index contributed by atoms with van der Waals surface area (Å²) < 4.78 is 2.06. The molecule has 0 saturated carbocycles. The molecule has 10 heavy (non-hydrogen) atoms. The highest BCUT2D eigenvalue weighted by atomic mass is 127. The quantitative estimate of drug-likeness (QED) is 0.589. The summed E-state index contributed by atoms with van der Waals surface area (Å²) in [6, 6.07) is 0. The smallest absolute Gasteiger partial charge is 0.0434 e. The van der Waals surface area contributed by atoms with Gasteiger partial charge in [-0.25, -0.2) is 0 Å². The van der Waals surface area contributed by atoms with Crippen LogP contribution in [0.4, 0.5) is 0 Å². The second-order valence-corrected chi connectivity index (χ2v) is 2.71. The van der Waals surface area contributed by atoms with E-state index in [0.717, 1.165) is 19.3 Å². The molecule has 0 aliphatic rings. The lowest BCUT2D eigenvalue weighted by atomic mass is 10.1. The van der Waals surface area contributed by atoms with E-state index in [-0.39, 0.29) is 6.61 Å². The maximum Gasteiger partial charge on any atom is 0.0434 e. The van der Waals surface area contributed by atoms with Gasteiger partial charge in [-0.3, -0.25) is 0 Å². The van der Waals surface area contributed by atoms with E-state index in [9.17, 15) is 0 Å². The number of halogens is 1. The standard InChI is InChI=1S/C8H13IO/c1-2-4-8(7-9)5-3-6-10/h2,7,10H,1,3-6H2/b8-7+. The fourth-order valence-corrected chi connectivity index (χ4v) is 1.26. The Kier molecular flexibility index (Phi) is 7.40. The average Bonchev–Trinajstić information content (AvgIpc) is 1.98. The molecule has 0 aliphatic heterocycles. The van der Waals surface area contributed by atoms with Crippen molar-refractivity contribution in [2.45, 2.75) is 19.3 Å². The molecule has 0 saturated heterocycles. The Morgan fingerprint density at radius 3 is 2.70 bits per heavy atom. The number of aliphatic hydroxyl groups excluding tert-OH is 1. The Balaban J connectivity index is 3.51. The maximum atomic E-state index is 8.52. The van der Waals surface area contributed by atoms with E-state index in [0.29, 0.717) is 0 Å². The minimum Gasteiger partial charge on any atom is -0.396 e. The summed E-state index contributed by atoms with van der Waals surface area (Å²) in [4.78, 5) is 0. The second kappa shape index (κ2) is 7.28. The second-order valence-electron chi connectivity index (χ2n) is 2.09. The first-order valence-corrected chi connectivity index (χ1v) is 4.59. The first-order chi connectivity index (χ1) is 4.85. The van der Waals surface area contributed by atoms with E-state index >= 15 is 0 Å². The van der Waals surface area contributed by atoms with Gasteiger partial charge in [-0.1, -0.05) is 34.2 Å². The third kappa shape index (κ3) is 4.99. The zero-order valence-electron chi connectivity index (χ0n) is 6.02. The summed E-state index contributed by atoms with van der Waals surface area (Å²) in [5.74, 6) is 0. The van der Waals surface area contributed by atoms with Gasteiger partial charge in [-0.05, 0) is 23.3 Å². The van der Waals surface area contributed by atoms with Crippen LogP contribution in [-0.2, 0) is 0 Å². The molecular formula is C8H13IO. The van der Waals surface area contributed by atoms with Crippen molar-refractivity contribution in [3.8, 4) is 0 Å². The lowest BCUT2D eigenvalue weighted by Gasteiger charge is -1.99. The van der Waals surface area contributed by atoms with Crippen LogP contribution in [-0.4, -0.2) is 11.7 Å². The molecular weight excluding hydrogens is 239 g/mol. The van der Waals surface area contributed by atoms with E-state index in [2.05, 4.69) is 33.3 Å². The molecule has 0 rings (SSSR count). The van der Waals surface area contributed by atoms with Crippen LogP contribution in [0.1, 0.15) is 19.3 Å². The van der Waals surface area contributed by atoms with Crippen LogP contribution in [0.15, 0.2) is 22.3 Å². The summed E-state index contributed by atoms with van der Waals surface area (Å²) in [5, 5.41) is 8.52. The van der Waals surface area contributed by atoms with Gasteiger partial charge in [0.25, 0.3) is 0 Å². The summed E-state index contributed by atoms with van der Waals surface area (Å²) in [7, 11) is 0. The van der Waals surface area contributed by atoms with Crippen LogP contribution in [0.5, 0.6) is 0 Å². The molecule has 1 nitrogen and oxygen atoms in total. The molecule has 0 bridgehead atoms. The molecule has 0 aliphatic carbocycles.